The quantitative estimate of drug-likeness (QED) is 0.767. The topological polar surface area (TPSA) is 30.5 Å². The van der Waals surface area contributed by atoms with E-state index in [1.54, 1.807) is 0 Å². The van der Waals surface area contributed by atoms with Crippen molar-refractivity contribution in [2.75, 3.05) is 26.3 Å². The third kappa shape index (κ3) is 4.30. The normalized spacial score (nSPS) is 20.6. The summed E-state index contributed by atoms with van der Waals surface area (Å²) in [6.45, 7) is 7.80. The van der Waals surface area contributed by atoms with E-state index in [9.17, 15) is 0 Å². The first-order chi connectivity index (χ1) is 9.31. The Kier molecular flexibility index (Phi) is 5.83. The van der Waals surface area contributed by atoms with Crippen LogP contribution < -0.4 is 5.32 Å². The fraction of sp³-hybridized carbons (Fsp3) is 0.625. The van der Waals surface area contributed by atoms with Crippen molar-refractivity contribution in [2.45, 2.75) is 38.9 Å². The second kappa shape index (κ2) is 7.63. The zero-order valence-electron chi connectivity index (χ0n) is 12.0. The highest BCUT2D eigenvalue weighted by atomic mass is 16.6. The maximum Gasteiger partial charge on any atom is 0.0956 e. The number of rotatable bonds is 7. The second-order valence-electron chi connectivity index (χ2n) is 5.17. The van der Waals surface area contributed by atoms with Crippen molar-refractivity contribution in [1.29, 1.82) is 0 Å². The highest BCUT2D eigenvalue weighted by Crippen LogP contribution is 2.24. The van der Waals surface area contributed by atoms with Gasteiger partial charge < -0.3 is 14.8 Å². The molecule has 1 heterocycles. The summed E-state index contributed by atoms with van der Waals surface area (Å²) in [6.07, 6.45) is 2.52. The highest BCUT2D eigenvalue weighted by Gasteiger charge is 2.22. The van der Waals surface area contributed by atoms with Gasteiger partial charge in [0, 0.05) is 13.2 Å². The smallest absolute Gasteiger partial charge is 0.0956 e. The highest BCUT2D eigenvalue weighted by molar-refractivity contribution is 5.28. The third-order valence-electron chi connectivity index (χ3n) is 3.54. The molecular formula is C16H25NO2. The van der Waals surface area contributed by atoms with Gasteiger partial charge in [-0.2, -0.15) is 0 Å². The molecule has 1 aromatic rings. The van der Waals surface area contributed by atoms with E-state index in [4.69, 9.17) is 9.47 Å². The van der Waals surface area contributed by atoms with E-state index < -0.39 is 0 Å². The molecule has 1 N–H and O–H groups in total. The molecule has 1 aliphatic heterocycles. The molecule has 3 heteroatoms. The maximum atomic E-state index is 6.24. The molecule has 106 valence electrons. The van der Waals surface area contributed by atoms with Gasteiger partial charge in [-0.15, -0.1) is 0 Å². The van der Waals surface area contributed by atoms with Crippen molar-refractivity contribution in [2.24, 2.45) is 0 Å². The van der Waals surface area contributed by atoms with Gasteiger partial charge in [-0.05, 0) is 37.4 Å². The minimum Gasteiger partial charge on any atom is -0.379 e. The molecule has 0 spiro atoms. The third-order valence-corrected chi connectivity index (χ3v) is 3.54. The molecule has 0 saturated carbocycles. The Balaban J connectivity index is 2.02. The molecule has 0 bridgehead atoms. The predicted molar refractivity (Wildman–Crippen MR) is 77.4 cm³/mol. The van der Waals surface area contributed by atoms with E-state index in [2.05, 4.69) is 43.4 Å². The summed E-state index contributed by atoms with van der Waals surface area (Å²) in [7, 11) is 0. The van der Waals surface area contributed by atoms with Gasteiger partial charge in [0.2, 0.25) is 0 Å². The molecule has 0 radical (unpaired) electrons. The van der Waals surface area contributed by atoms with Crippen LogP contribution in [0.3, 0.4) is 0 Å². The van der Waals surface area contributed by atoms with Gasteiger partial charge in [0.25, 0.3) is 0 Å². The number of aryl methyl sites for hydroxylation is 1. The van der Waals surface area contributed by atoms with E-state index in [1.807, 2.05) is 0 Å². The lowest BCUT2D eigenvalue weighted by Gasteiger charge is -2.23. The van der Waals surface area contributed by atoms with Crippen LogP contribution in [0, 0.1) is 6.92 Å². The Hall–Kier alpha value is -0.900. The van der Waals surface area contributed by atoms with Crippen LogP contribution in [0.25, 0.3) is 0 Å². The summed E-state index contributed by atoms with van der Waals surface area (Å²) in [5, 5.41) is 3.47. The van der Waals surface area contributed by atoms with Gasteiger partial charge in [-0.25, -0.2) is 0 Å². The van der Waals surface area contributed by atoms with E-state index in [0.717, 1.165) is 39.1 Å². The Bertz CT molecular complexity index is 375. The van der Waals surface area contributed by atoms with Crippen LogP contribution in [0.15, 0.2) is 24.3 Å². The standard InChI is InChI=1S/C16H25NO2/c1-3-9-17-11-16(19-14-8-10-18-12-14)15-7-5-4-6-13(15)2/h4-7,14,16-17H,3,8-12H2,1-2H3. The molecule has 0 aromatic heterocycles. The minimum absolute atomic E-state index is 0.124. The molecule has 2 atom stereocenters. The zero-order chi connectivity index (χ0) is 13.5. The summed E-state index contributed by atoms with van der Waals surface area (Å²) in [6, 6.07) is 8.48. The van der Waals surface area contributed by atoms with Crippen molar-refractivity contribution < 1.29 is 9.47 Å². The molecule has 0 aliphatic carbocycles. The largest absolute Gasteiger partial charge is 0.379 e. The van der Waals surface area contributed by atoms with Crippen LogP contribution in [-0.4, -0.2) is 32.4 Å². The van der Waals surface area contributed by atoms with E-state index >= 15 is 0 Å². The number of benzene rings is 1. The lowest BCUT2D eigenvalue weighted by Crippen LogP contribution is -2.28. The molecule has 2 rings (SSSR count). The molecule has 19 heavy (non-hydrogen) atoms. The summed E-state index contributed by atoms with van der Waals surface area (Å²) in [5.41, 5.74) is 2.59. The molecule has 1 saturated heterocycles. The van der Waals surface area contributed by atoms with Crippen LogP contribution in [0.1, 0.15) is 37.0 Å². The maximum absolute atomic E-state index is 6.24. The molecular weight excluding hydrogens is 238 g/mol. The fourth-order valence-corrected chi connectivity index (χ4v) is 2.44. The summed E-state index contributed by atoms with van der Waals surface area (Å²) in [4.78, 5) is 0. The Morgan fingerprint density at radius 2 is 2.26 bits per heavy atom. The first-order valence-corrected chi connectivity index (χ1v) is 7.30. The van der Waals surface area contributed by atoms with Gasteiger partial charge >= 0.3 is 0 Å². The zero-order valence-corrected chi connectivity index (χ0v) is 12.0. The molecule has 1 aromatic carbocycles. The summed E-state index contributed by atoms with van der Waals surface area (Å²) >= 11 is 0. The average Bonchev–Trinajstić information content (AvgIpc) is 2.91. The minimum atomic E-state index is 0.124. The molecule has 1 aliphatic rings. The van der Waals surface area contributed by atoms with Crippen molar-refractivity contribution in [3.05, 3.63) is 35.4 Å². The van der Waals surface area contributed by atoms with Gasteiger partial charge in [0.15, 0.2) is 0 Å². The molecule has 2 unspecified atom stereocenters. The van der Waals surface area contributed by atoms with Crippen LogP contribution in [0.5, 0.6) is 0 Å². The Labute approximate surface area is 116 Å². The number of ether oxygens (including phenoxy) is 2. The summed E-state index contributed by atoms with van der Waals surface area (Å²) in [5.74, 6) is 0. The average molecular weight is 263 g/mol. The monoisotopic (exact) mass is 263 g/mol. The predicted octanol–water partition coefficient (Wildman–Crippen LogP) is 2.84. The van der Waals surface area contributed by atoms with Gasteiger partial charge in [-0.1, -0.05) is 31.2 Å². The number of hydrogen-bond acceptors (Lipinski definition) is 3. The van der Waals surface area contributed by atoms with Crippen LogP contribution in [-0.2, 0) is 9.47 Å². The van der Waals surface area contributed by atoms with Crippen molar-refractivity contribution >= 4 is 0 Å². The fourth-order valence-electron chi connectivity index (χ4n) is 2.44. The molecule has 0 amide bonds. The molecule has 3 nitrogen and oxygen atoms in total. The van der Waals surface area contributed by atoms with E-state index in [-0.39, 0.29) is 12.2 Å². The van der Waals surface area contributed by atoms with E-state index in [1.165, 1.54) is 11.1 Å². The SMILES string of the molecule is CCCNCC(OC1CCOC1)c1ccccc1C. The van der Waals surface area contributed by atoms with Gasteiger partial charge in [-0.3, -0.25) is 0 Å². The van der Waals surface area contributed by atoms with Crippen LogP contribution in [0.2, 0.25) is 0 Å². The number of nitrogens with one attached hydrogen (secondary N) is 1. The first kappa shape index (κ1) is 14.5. The van der Waals surface area contributed by atoms with E-state index in [0.29, 0.717) is 0 Å². The summed E-state index contributed by atoms with van der Waals surface area (Å²) < 4.78 is 11.6. The number of hydrogen-bond donors (Lipinski definition) is 1. The Morgan fingerprint density at radius 3 is 2.95 bits per heavy atom. The van der Waals surface area contributed by atoms with Crippen molar-refractivity contribution in [3.8, 4) is 0 Å². The Morgan fingerprint density at radius 1 is 1.42 bits per heavy atom. The van der Waals surface area contributed by atoms with Crippen LogP contribution >= 0.6 is 0 Å². The first-order valence-electron chi connectivity index (χ1n) is 7.30. The lowest BCUT2D eigenvalue weighted by molar-refractivity contribution is -0.0166. The van der Waals surface area contributed by atoms with Crippen molar-refractivity contribution in [3.63, 3.8) is 0 Å². The van der Waals surface area contributed by atoms with Crippen molar-refractivity contribution in [1.82, 2.24) is 5.32 Å². The molecule has 1 fully saturated rings. The lowest BCUT2D eigenvalue weighted by atomic mass is 10.0. The van der Waals surface area contributed by atoms with Crippen LogP contribution in [0.4, 0.5) is 0 Å². The van der Waals surface area contributed by atoms with Gasteiger partial charge in [0.1, 0.15) is 0 Å². The second-order valence-corrected chi connectivity index (χ2v) is 5.17. The van der Waals surface area contributed by atoms with Gasteiger partial charge in [0.05, 0.1) is 18.8 Å².